The van der Waals surface area contributed by atoms with Gasteiger partial charge in [-0.2, -0.15) is 0 Å². The van der Waals surface area contributed by atoms with Crippen LogP contribution in [0.15, 0.2) is 0 Å². The lowest BCUT2D eigenvalue weighted by Crippen LogP contribution is -2.34. The minimum absolute atomic E-state index is 0.132. The molecule has 1 aliphatic heterocycles. The third-order valence-electron chi connectivity index (χ3n) is 2.39. The van der Waals surface area contributed by atoms with Crippen molar-refractivity contribution in [2.24, 2.45) is 0 Å². The van der Waals surface area contributed by atoms with Gasteiger partial charge in [0.25, 0.3) is 0 Å². The Morgan fingerprint density at radius 2 is 2.38 bits per heavy atom. The molecule has 1 unspecified atom stereocenters. The molecular weight excluding hydrogens is 168 g/mol. The molecule has 0 saturated carbocycles. The summed E-state index contributed by atoms with van der Waals surface area (Å²) >= 11 is 0. The average molecular weight is 186 g/mol. The molecule has 2 N–H and O–H groups in total. The predicted molar refractivity (Wildman–Crippen MR) is 50.4 cm³/mol. The third-order valence-corrected chi connectivity index (χ3v) is 2.39. The van der Waals surface area contributed by atoms with Crippen LogP contribution in [-0.4, -0.2) is 48.2 Å². The molecule has 76 valence electrons. The van der Waals surface area contributed by atoms with E-state index in [-0.39, 0.29) is 5.91 Å². The van der Waals surface area contributed by atoms with Gasteiger partial charge in [-0.05, 0) is 20.4 Å². The molecule has 0 bridgehead atoms. The number of amides is 1. The van der Waals surface area contributed by atoms with Crippen LogP contribution in [0.4, 0.5) is 0 Å². The first kappa shape index (κ1) is 10.5. The number of hydrogen-bond acceptors (Lipinski definition) is 3. The van der Waals surface area contributed by atoms with Crippen LogP contribution in [0.3, 0.4) is 0 Å². The standard InChI is InChI=1S/C9H18N2O2/c1-9(13)4-6-11(7-9)8(12)3-5-10-2/h10,13H,3-7H2,1-2H3. The third kappa shape index (κ3) is 2.97. The molecule has 0 aliphatic carbocycles. The fraction of sp³-hybridized carbons (Fsp3) is 0.889. The number of nitrogens with one attached hydrogen (secondary N) is 1. The van der Waals surface area contributed by atoms with Crippen molar-refractivity contribution >= 4 is 5.91 Å². The van der Waals surface area contributed by atoms with Gasteiger partial charge in [0.05, 0.1) is 5.60 Å². The van der Waals surface area contributed by atoms with E-state index in [1.807, 2.05) is 7.05 Å². The van der Waals surface area contributed by atoms with Gasteiger partial charge in [0.2, 0.25) is 5.91 Å². The molecule has 13 heavy (non-hydrogen) atoms. The van der Waals surface area contributed by atoms with Crippen molar-refractivity contribution in [3.8, 4) is 0 Å². The molecule has 1 aliphatic rings. The minimum Gasteiger partial charge on any atom is -0.388 e. The van der Waals surface area contributed by atoms with Crippen molar-refractivity contribution in [2.75, 3.05) is 26.7 Å². The maximum absolute atomic E-state index is 11.5. The highest BCUT2D eigenvalue weighted by atomic mass is 16.3. The van der Waals surface area contributed by atoms with Crippen molar-refractivity contribution in [3.63, 3.8) is 0 Å². The summed E-state index contributed by atoms with van der Waals surface area (Å²) in [5, 5.41) is 12.6. The number of likely N-dealkylation sites (tertiary alicyclic amines) is 1. The zero-order valence-electron chi connectivity index (χ0n) is 8.34. The Balaban J connectivity index is 2.33. The maximum atomic E-state index is 11.5. The Morgan fingerprint density at radius 1 is 1.69 bits per heavy atom. The van der Waals surface area contributed by atoms with Crippen LogP contribution >= 0.6 is 0 Å². The van der Waals surface area contributed by atoms with Gasteiger partial charge in [-0.1, -0.05) is 0 Å². The fourth-order valence-corrected chi connectivity index (χ4v) is 1.55. The monoisotopic (exact) mass is 186 g/mol. The highest BCUT2D eigenvalue weighted by Gasteiger charge is 2.33. The van der Waals surface area contributed by atoms with Gasteiger partial charge >= 0.3 is 0 Å². The van der Waals surface area contributed by atoms with E-state index in [2.05, 4.69) is 5.32 Å². The summed E-state index contributed by atoms with van der Waals surface area (Å²) in [5.74, 6) is 0.132. The lowest BCUT2D eigenvalue weighted by atomic mass is 10.1. The highest BCUT2D eigenvalue weighted by Crippen LogP contribution is 2.20. The van der Waals surface area contributed by atoms with Crippen molar-refractivity contribution < 1.29 is 9.90 Å². The normalized spacial score (nSPS) is 28.1. The molecule has 0 aromatic rings. The van der Waals surface area contributed by atoms with Crippen LogP contribution in [0.2, 0.25) is 0 Å². The van der Waals surface area contributed by atoms with Gasteiger partial charge in [0.1, 0.15) is 0 Å². The number of carbonyl (C=O) groups excluding carboxylic acids is 1. The number of rotatable bonds is 3. The summed E-state index contributed by atoms with van der Waals surface area (Å²) in [4.78, 5) is 13.2. The molecule has 1 fully saturated rings. The summed E-state index contributed by atoms with van der Waals surface area (Å²) in [7, 11) is 1.83. The number of aliphatic hydroxyl groups is 1. The van der Waals surface area contributed by atoms with Crippen LogP contribution in [0.1, 0.15) is 19.8 Å². The smallest absolute Gasteiger partial charge is 0.223 e. The Morgan fingerprint density at radius 3 is 2.85 bits per heavy atom. The molecule has 0 aromatic heterocycles. The zero-order chi connectivity index (χ0) is 9.90. The molecular formula is C9H18N2O2. The Kier molecular flexibility index (Phi) is 3.27. The molecule has 0 aromatic carbocycles. The first-order valence-electron chi connectivity index (χ1n) is 4.70. The van der Waals surface area contributed by atoms with Crippen molar-refractivity contribution in [2.45, 2.75) is 25.4 Å². The first-order valence-corrected chi connectivity index (χ1v) is 4.70. The van der Waals surface area contributed by atoms with Gasteiger partial charge in [-0.25, -0.2) is 0 Å². The van der Waals surface area contributed by atoms with Crippen LogP contribution in [0, 0.1) is 0 Å². The lowest BCUT2D eigenvalue weighted by molar-refractivity contribution is -0.130. The second-order valence-corrected chi connectivity index (χ2v) is 3.92. The number of β-amino-alcohol motifs (C(OH)–C–C–N with tert-alkyl or cyclic N) is 1. The van der Waals surface area contributed by atoms with Crippen LogP contribution in [0.25, 0.3) is 0 Å². The summed E-state index contributed by atoms with van der Waals surface area (Å²) in [6.45, 7) is 3.65. The van der Waals surface area contributed by atoms with E-state index in [9.17, 15) is 9.90 Å². The van der Waals surface area contributed by atoms with Gasteiger partial charge in [0, 0.05) is 26.1 Å². The minimum atomic E-state index is -0.671. The largest absolute Gasteiger partial charge is 0.388 e. The van der Waals surface area contributed by atoms with Gasteiger partial charge in [-0.3, -0.25) is 4.79 Å². The van der Waals surface area contributed by atoms with E-state index in [4.69, 9.17) is 0 Å². The number of carbonyl (C=O) groups is 1. The molecule has 1 rings (SSSR count). The van der Waals surface area contributed by atoms with E-state index >= 15 is 0 Å². The summed E-state index contributed by atoms with van der Waals surface area (Å²) < 4.78 is 0. The van der Waals surface area contributed by atoms with Gasteiger partial charge < -0.3 is 15.3 Å². The molecule has 0 spiro atoms. The SMILES string of the molecule is CNCCC(=O)N1CCC(C)(O)C1. The van der Waals surface area contributed by atoms with Crippen molar-refractivity contribution in [3.05, 3.63) is 0 Å². The van der Waals surface area contributed by atoms with E-state index in [0.29, 0.717) is 32.5 Å². The number of nitrogens with zero attached hydrogens (tertiary/aromatic N) is 1. The summed E-state index contributed by atoms with van der Waals surface area (Å²) in [6.07, 6.45) is 1.21. The van der Waals surface area contributed by atoms with Crippen LogP contribution in [-0.2, 0) is 4.79 Å². The average Bonchev–Trinajstić information content (AvgIpc) is 2.42. The zero-order valence-corrected chi connectivity index (χ0v) is 8.34. The van der Waals surface area contributed by atoms with E-state index in [0.717, 1.165) is 0 Å². The molecule has 1 atom stereocenters. The van der Waals surface area contributed by atoms with Gasteiger partial charge in [0.15, 0.2) is 0 Å². The highest BCUT2D eigenvalue weighted by molar-refractivity contribution is 5.76. The Labute approximate surface area is 78.9 Å². The van der Waals surface area contributed by atoms with E-state index in [1.165, 1.54) is 0 Å². The first-order chi connectivity index (χ1) is 6.05. The summed E-state index contributed by atoms with van der Waals surface area (Å²) in [6, 6.07) is 0. The quantitative estimate of drug-likeness (QED) is 0.629. The van der Waals surface area contributed by atoms with E-state index in [1.54, 1.807) is 11.8 Å². The van der Waals surface area contributed by atoms with Crippen molar-refractivity contribution in [1.82, 2.24) is 10.2 Å². The lowest BCUT2D eigenvalue weighted by Gasteiger charge is -2.18. The van der Waals surface area contributed by atoms with Crippen LogP contribution < -0.4 is 5.32 Å². The molecule has 0 radical (unpaired) electrons. The predicted octanol–water partition coefficient (Wildman–Crippen LogP) is -0.421. The fourth-order valence-electron chi connectivity index (χ4n) is 1.55. The Hall–Kier alpha value is -0.610. The number of hydrogen-bond donors (Lipinski definition) is 2. The van der Waals surface area contributed by atoms with Crippen molar-refractivity contribution in [1.29, 1.82) is 0 Å². The van der Waals surface area contributed by atoms with Crippen LogP contribution in [0.5, 0.6) is 0 Å². The maximum Gasteiger partial charge on any atom is 0.223 e. The van der Waals surface area contributed by atoms with Gasteiger partial charge in [-0.15, -0.1) is 0 Å². The molecule has 1 amide bonds. The molecule has 4 heteroatoms. The molecule has 1 heterocycles. The van der Waals surface area contributed by atoms with E-state index < -0.39 is 5.60 Å². The second-order valence-electron chi connectivity index (χ2n) is 3.92. The molecule has 4 nitrogen and oxygen atoms in total. The summed E-state index contributed by atoms with van der Waals surface area (Å²) in [5.41, 5.74) is -0.671. The topological polar surface area (TPSA) is 52.6 Å². The second kappa shape index (κ2) is 4.07. The Bertz CT molecular complexity index is 192. The molecule has 1 saturated heterocycles.